The molecule has 1 heterocycles. The van der Waals surface area contributed by atoms with Gasteiger partial charge < -0.3 is 10.4 Å². The van der Waals surface area contributed by atoms with Crippen LogP contribution < -0.4 is 5.32 Å². The molecule has 0 amide bonds. The maximum absolute atomic E-state index is 10.8. The molecule has 94 valence electrons. The molecule has 4 heteroatoms. The van der Waals surface area contributed by atoms with Crippen LogP contribution in [0.5, 0.6) is 0 Å². The number of nitrogens with one attached hydrogen (secondary N) is 1. The molecule has 1 atom stereocenters. The third-order valence-electron chi connectivity index (χ3n) is 2.33. The Kier molecular flexibility index (Phi) is 4.49. The van der Waals surface area contributed by atoms with E-state index in [0.29, 0.717) is 0 Å². The monoisotopic (exact) mass is 236 g/mol. The van der Waals surface area contributed by atoms with Crippen LogP contribution in [0, 0.1) is 5.41 Å². The Morgan fingerprint density at radius 1 is 1.41 bits per heavy atom. The number of aromatic nitrogens is 1. The highest BCUT2D eigenvalue weighted by Gasteiger charge is 2.20. The van der Waals surface area contributed by atoms with Gasteiger partial charge in [-0.3, -0.25) is 9.78 Å². The van der Waals surface area contributed by atoms with Gasteiger partial charge in [0.1, 0.15) is 0 Å². The minimum atomic E-state index is -0.777. The number of aliphatic carboxylic acids is 1. The Hall–Kier alpha value is -1.58. The van der Waals surface area contributed by atoms with Crippen LogP contribution in [0.3, 0.4) is 0 Å². The first-order valence-corrected chi connectivity index (χ1v) is 5.75. The molecule has 0 aromatic carbocycles. The molecular formula is C13H20N2O2. The first-order valence-electron chi connectivity index (χ1n) is 5.75. The molecule has 2 N–H and O–H groups in total. The molecule has 1 aromatic rings. The smallest absolute Gasteiger partial charge is 0.305 e. The predicted octanol–water partition coefficient (Wildman–Crippen LogP) is 2.77. The second-order valence-electron chi connectivity index (χ2n) is 5.44. The summed E-state index contributed by atoms with van der Waals surface area (Å²) in [4.78, 5) is 14.8. The minimum Gasteiger partial charge on any atom is -0.481 e. The van der Waals surface area contributed by atoms with E-state index < -0.39 is 5.97 Å². The average Bonchev–Trinajstić information content (AvgIpc) is 2.15. The molecule has 1 rings (SSSR count). The van der Waals surface area contributed by atoms with Gasteiger partial charge in [0.2, 0.25) is 0 Å². The molecule has 0 fully saturated rings. The summed E-state index contributed by atoms with van der Waals surface area (Å²) in [5.41, 5.74) is 1.01. The number of carboxylic acid groups (broad SMARTS) is 1. The molecule has 0 aliphatic heterocycles. The van der Waals surface area contributed by atoms with E-state index in [4.69, 9.17) is 5.11 Å². The van der Waals surface area contributed by atoms with Crippen LogP contribution >= 0.6 is 0 Å². The fourth-order valence-corrected chi connectivity index (χ4v) is 1.81. The zero-order valence-electron chi connectivity index (χ0n) is 10.6. The summed E-state index contributed by atoms with van der Waals surface area (Å²) in [7, 11) is 0. The van der Waals surface area contributed by atoms with Crippen LogP contribution in [0.1, 0.15) is 33.6 Å². The van der Waals surface area contributed by atoms with Gasteiger partial charge in [0.15, 0.2) is 0 Å². The minimum absolute atomic E-state index is 0.0603. The summed E-state index contributed by atoms with van der Waals surface area (Å²) in [6.45, 7) is 6.32. The second kappa shape index (κ2) is 5.66. The van der Waals surface area contributed by atoms with E-state index in [-0.39, 0.29) is 17.9 Å². The van der Waals surface area contributed by atoms with Crippen molar-refractivity contribution in [2.24, 2.45) is 5.41 Å². The van der Waals surface area contributed by atoms with E-state index in [1.807, 2.05) is 12.1 Å². The van der Waals surface area contributed by atoms with Crippen LogP contribution in [0.15, 0.2) is 24.5 Å². The van der Waals surface area contributed by atoms with Gasteiger partial charge in [0.05, 0.1) is 6.42 Å². The highest BCUT2D eigenvalue weighted by Crippen LogP contribution is 2.24. The van der Waals surface area contributed by atoms with Crippen LogP contribution in [-0.4, -0.2) is 22.1 Å². The summed E-state index contributed by atoms with van der Waals surface area (Å²) in [5.74, 6) is -0.777. The first kappa shape index (κ1) is 13.5. The van der Waals surface area contributed by atoms with Gasteiger partial charge in [0, 0.05) is 24.1 Å². The lowest BCUT2D eigenvalue weighted by Crippen LogP contribution is -2.28. The van der Waals surface area contributed by atoms with Crippen molar-refractivity contribution < 1.29 is 9.90 Å². The van der Waals surface area contributed by atoms with Crippen LogP contribution in [0.25, 0.3) is 0 Å². The summed E-state index contributed by atoms with van der Waals surface area (Å²) in [5, 5.41) is 12.2. The molecule has 0 bridgehead atoms. The maximum Gasteiger partial charge on any atom is 0.305 e. The molecule has 4 nitrogen and oxygen atoms in total. The highest BCUT2D eigenvalue weighted by molar-refractivity contribution is 5.68. The van der Waals surface area contributed by atoms with Crippen LogP contribution in [-0.2, 0) is 4.79 Å². The number of carbonyl (C=O) groups is 1. The van der Waals surface area contributed by atoms with Crippen LogP contribution in [0.2, 0.25) is 0 Å². The predicted molar refractivity (Wildman–Crippen MR) is 68.0 cm³/mol. The number of anilines is 1. The van der Waals surface area contributed by atoms with Gasteiger partial charge >= 0.3 is 5.97 Å². The van der Waals surface area contributed by atoms with Crippen molar-refractivity contribution in [1.29, 1.82) is 0 Å². The van der Waals surface area contributed by atoms with Gasteiger partial charge in [-0.1, -0.05) is 20.8 Å². The van der Waals surface area contributed by atoms with E-state index in [9.17, 15) is 4.79 Å². The summed E-state index contributed by atoms with van der Waals surface area (Å²) < 4.78 is 0. The molecule has 1 unspecified atom stereocenters. The van der Waals surface area contributed by atoms with Gasteiger partial charge in [0.25, 0.3) is 0 Å². The first-order chi connectivity index (χ1) is 7.87. The van der Waals surface area contributed by atoms with Crippen molar-refractivity contribution in [1.82, 2.24) is 4.98 Å². The Morgan fingerprint density at radius 3 is 2.47 bits per heavy atom. The van der Waals surface area contributed by atoms with E-state index in [1.165, 1.54) is 0 Å². The second-order valence-corrected chi connectivity index (χ2v) is 5.44. The number of pyridine rings is 1. The lowest BCUT2D eigenvalue weighted by molar-refractivity contribution is -0.137. The molecule has 0 saturated heterocycles. The summed E-state index contributed by atoms with van der Waals surface area (Å²) in [6.07, 6.45) is 4.32. The number of carboxylic acids is 1. The van der Waals surface area contributed by atoms with E-state index in [1.54, 1.807) is 12.4 Å². The number of rotatable bonds is 5. The van der Waals surface area contributed by atoms with Gasteiger partial charge in [-0.25, -0.2) is 0 Å². The van der Waals surface area contributed by atoms with Crippen molar-refractivity contribution in [2.45, 2.75) is 39.7 Å². The van der Waals surface area contributed by atoms with Crippen molar-refractivity contribution >= 4 is 11.7 Å². The van der Waals surface area contributed by atoms with Crippen molar-refractivity contribution in [3.63, 3.8) is 0 Å². The molecule has 0 saturated carbocycles. The van der Waals surface area contributed by atoms with Crippen molar-refractivity contribution in [3.8, 4) is 0 Å². The van der Waals surface area contributed by atoms with Crippen molar-refractivity contribution in [2.75, 3.05) is 5.32 Å². The Bertz CT molecular complexity index is 357. The number of hydrogen-bond donors (Lipinski definition) is 2. The zero-order valence-corrected chi connectivity index (χ0v) is 10.6. The van der Waals surface area contributed by atoms with Gasteiger partial charge in [-0.15, -0.1) is 0 Å². The molecule has 0 aliphatic carbocycles. The largest absolute Gasteiger partial charge is 0.481 e. The molecular weight excluding hydrogens is 216 g/mol. The molecule has 0 aliphatic rings. The maximum atomic E-state index is 10.8. The third kappa shape index (κ3) is 5.90. The quantitative estimate of drug-likeness (QED) is 0.825. The number of nitrogens with zero attached hydrogens (tertiary/aromatic N) is 1. The SMILES string of the molecule is CC(C)(C)CC(CC(=O)O)Nc1ccncc1. The normalized spacial score (nSPS) is 13.1. The van der Waals surface area contributed by atoms with Crippen molar-refractivity contribution in [3.05, 3.63) is 24.5 Å². The summed E-state index contributed by atoms with van der Waals surface area (Å²) >= 11 is 0. The van der Waals surface area contributed by atoms with Gasteiger partial charge in [-0.05, 0) is 24.0 Å². The highest BCUT2D eigenvalue weighted by atomic mass is 16.4. The third-order valence-corrected chi connectivity index (χ3v) is 2.33. The lowest BCUT2D eigenvalue weighted by atomic mass is 9.87. The lowest BCUT2D eigenvalue weighted by Gasteiger charge is -2.26. The standard InChI is InChI=1S/C13H20N2O2/c1-13(2,3)9-11(8-12(16)17)15-10-4-6-14-7-5-10/h4-7,11H,8-9H2,1-3H3,(H,14,15)(H,16,17). The topological polar surface area (TPSA) is 62.2 Å². The fourth-order valence-electron chi connectivity index (χ4n) is 1.81. The number of hydrogen-bond acceptors (Lipinski definition) is 3. The average molecular weight is 236 g/mol. The molecule has 0 spiro atoms. The Balaban J connectivity index is 2.67. The molecule has 17 heavy (non-hydrogen) atoms. The van der Waals surface area contributed by atoms with E-state index in [2.05, 4.69) is 31.1 Å². The Labute approximate surface area is 102 Å². The van der Waals surface area contributed by atoms with E-state index in [0.717, 1.165) is 12.1 Å². The molecule has 0 radical (unpaired) electrons. The van der Waals surface area contributed by atoms with Crippen LogP contribution in [0.4, 0.5) is 5.69 Å². The molecule has 1 aromatic heterocycles. The fraction of sp³-hybridized carbons (Fsp3) is 0.538. The summed E-state index contributed by atoms with van der Waals surface area (Å²) in [6, 6.07) is 3.63. The zero-order chi connectivity index (χ0) is 12.9. The Morgan fingerprint density at radius 2 is 2.00 bits per heavy atom. The van der Waals surface area contributed by atoms with Gasteiger partial charge in [-0.2, -0.15) is 0 Å². The van der Waals surface area contributed by atoms with E-state index >= 15 is 0 Å².